The minimum Gasteiger partial charge on any atom is -0.315 e. The first-order valence-corrected chi connectivity index (χ1v) is 9.44. The number of thiophene rings is 1. The second-order valence-corrected chi connectivity index (χ2v) is 8.78. The summed E-state index contributed by atoms with van der Waals surface area (Å²) in [4.78, 5) is 2.44. The van der Waals surface area contributed by atoms with Crippen molar-refractivity contribution in [1.82, 2.24) is 9.62 Å². The zero-order chi connectivity index (χ0) is 14.8. The summed E-state index contributed by atoms with van der Waals surface area (Å²) in [6.07, 6.45) is 5.48. The predicted octanol–water partition coefficient (Wildman–Crippen LogP) is 2.73. The Kier molecular flexibility index (Phi) is 5.23. The van der Waals surface area contributed by atoms with Crippen molar-refractivity contribution in [3.63, 3.8) is 0 Å². The largest absolute Gasteiger partial charge is 0.315 e. The first-order valence-electron chi connectivity index (χ1n) is 7.18. The molecule has 1 N–H and O–H groups in total. The number of rotatable bonds is 5. The molecule has 0 aliphatic heterocycles. The number of hydrogen-bond donors (Lipinski definition) is 1. The van der Waals surface area contributed by atoms with Gasteiger partial charge in [-0.25, -0.2) is 8.42 Å². The van der Waals surface area contributed by atoms with Gasteiger partial charge in [0.2, 0.25) is 10.0 Å². The molecule has 0 bridgehead atoms. The fraction of sp³-hybridized carbons (Fsp3) is 0.714. The van der Waals surface area contributed by atoms with Gasteiger partial charge in [0.1, 0.15) is 0 Å². The van der Waals surface area contributed by atoms with E-state index < -0.39 is 10.0 Å². The van der Waals surface area contributed by atoms with Gasteiger partial charge in [0.15, 0.2) is 0 Å². The molecule has 0 unspecified atom stereocenters. The zero-order valence-corrected chi connectivity index (χ0v) is 14.1. The second-order valence-electron chi connectivity index (χ2n) is 5.48. The van der Waals surface area contributed by atoms with Gasteiger partial charge in [0.25, 0.3) is 0 Å². The van der Waals surface area contributed by atoms with E-state index in [0.717, 1.165) is 35.4 Å². The third-order valence-electron chi connectivity index (χ3n) is 4.02. The molecule has 0 aromatic carbocycles. The van der Waals surface area contributed by atoms with Crippen LogP contribution in [0.15, 0.2) is 11.0 Å². The third-order valence-corrected chi connectivity index (χ3v) is 7.24. The van der Waals surface area contributed by atoms with Gasteiger partial charge in [-0.05, 0) is 32.9 Å². The maximum absolute atomic E-state index is 12.8. The average Bonchev–Trinajstić information content (AvgIpc) is 2.81. The Hall–Kier alpha value is -0.430. The van der Waals surface area contributed by atoms with Crippen molar-refractivity contribution in [3.8, 4) is 0 Å². The van der Waals surface area contributed by atoms with Crippen molar-refractivity contribution >= 4 is 21.4 Å². The molecule has 1 fully saturated rings. The molecular formula is C14H24N2O2S2. The quantitative estimate of drug-likeness (QED) is 0.908. The van der Waals surface area contributed by atoms with Gasteiger partial charge in [-0.1, -0.05) is 19.3 Å². The van der Waals surface area contributed by atoms with Crippen LogP contribution in [0.4, 0.5) is 0 Å². The normalized spacial score (nSPS) is 17.8. The van der Waals surface area contributed by atoms with Crippen LogP contribution in [0.2, 0.25) is 0 Å². The van der Waals surface area contributed by atoms with Gasteiger partial charge >= 0.3 is 0 Å². The standard InChI is InChI=1S/C14H24N2O2S2/c1-11-14(9-13(19-11)10-15-2)20(17,18)16(3)12-7-5-4-6-8-12/h9,12,15H,4-8,10H2,1-3H3. The van der Waals surface area contributed by atoms with Gasteiger partial charge in [0.05, 0.1) is 4.90 Å². The SMILES string of the molecule is CNCc1cc(S(=O)(=O)N(C)C2CCCCC2)c(C)s1. The van der Waals surface area contributed by atoms with E-state index in [4.69, 9.17) is 0 Å². The summed E-state index contributed by atoms with van der Waals surface area (Å²) in [5.74, 6) is 0. The van der Waals surface area contributed by atoms with Crippen molar-refractivity contribution in [2.75, 3.05) is 14.1 Å². The second kappa shape index (κ2) is 6.56. The summed E-state index contributed by atoms with van der Waals surface area (Å²) in [5.41, 5.74) is 0. The monoisotopic (exact) mass is 316 g/mol. The minimum atomic E-state index is -3.35. The lowest BCUT2D eigenvalue weighted by molar-refractivity contribution is 0.286. The molecule has 0 saturated heterocycles. The lowest BCUT2D eigenvalue weighted by Crippen LogP contribution is -2.38. The topological polar surface area (TPSA) is 49.4 Å². The first kappa shape index (κ1) is 15.9. The Balaban J connectivity index is 2.24. The molecule has 2 rings (SSSR count). The van der Waals surface area contributed by atoms with Crippen molar-refractivity contribution in [2.45, 2.75) is 56.5 Å². The molecule has 114 valence electrons. The van der Waals surface area contributed by atoms with Gasteiger partial charge in [-0.2, -0.15) is 4.31 Å². The molecule has 0 spiro atoms. The lowest BCUT2D eigenvalue weighted by atomic mass is 9.96. The molecule has 1 heterocycles. The highest BCUT2D eigenvalue weighted by Gasteiger charge is 2.31. The summed E-state index contributed by atoms with van der Waals surface area (Å²) < 4.78 is 27.2. The minimum absolute atomic E-state index is 0.167. The van der Waals surface area contributed by atoms with Gasteiger partial charge in [-0.15, -0.1) is 11.3 Å². The van der Waals surface area contributed by atoms with E-state index in [-0.39, 0.29) is 6.04 Å². The molecule has 1 aromatic heterocycles. The van der Waals surface area contributed by atoms with Crippen LogP contribution in [0, 0.1) is 6.92 Å². The fourth-order valence-corrected chi connectivity index (χ4v) is 5.87. The van der Waals surface area contributed by atoms with Crippen LogP contribution in [-0.4, -0.2) is 32.9 Å². The Morgan fingerprint density at radius 3 is 2.60 bits per heavy atom. The summed E-state index contributed by atoms with van der Waals surface area (Å²) in [5, 5.41) is 3.07. The van der Waals surface area contributed by atoms with Crippen LogP contribution in [0.5, 0.6) is 0 Å². The van der Waals surface area contributed by atoms with Gasteiger partial charge < -0.3 is 5.32 Å². The number of nitrogens with one attached hydrogen (secondary N) is 1. The van der Waals surface area contributed by atoms with E-state index >= 15 is 0 Å². The molecule has 0 amide bonds. The molecular weight excluding hydrogens is 292 g/mol. The third kappa shape index (κ3) is 3.24. The molecule has 1 aromatic rings. The smallest absolute Gasteiger partial charge is 0.244 e. The maximum atomic E-state index is 12.8. The van der Waals surface area contributed by atoms with E-state index in [2.05, 4.69) is 5.32 Å². The van der Waals surface area contributed by atoms with Crippen LogP contribution in [0.1, 0.15) is 41.9 Å². The molecule has 0 radical (unpaired) electrons. The first-order chi connectivity index (χ1) is 9.46. The van der Waals surface area contributed by atoms with Crippen molar-refractivity contribution < 1.29 is 8.42 Å². The van der Waals surface area contributed by atoms with Crippen molar-refractivity contribution in [3.05, 3.63) is 15.8 Å². The maximum Gasteiger partial charge on any atom is 0.244 e. The highest BCUT2D eigenvalue weighted by Crippen LogP contribution is 2.31. The highest BCUT2D eigenvalue weighted by atomic mass is 32.2. The molecule has 20 heavy (non-hydrogen) atoms. The summed E-state index contributed by atoms with van der Waals surface area (Å²) in [6.45, 7) is 2.61. The fourth-order valence-electron chi connectivity index (χ4n) is 2.84. The highest BCUT2D eigenvalue weighted by molar-refractivity contribution is 7.89. The van der Waals surface area contributed by atoms with Crippen molar-refractivity contribution in [2.24, 2.45) is 0 Å². The predicted molar refractivity (Wildman–Crippen MR) is 83.6 cm³/mol. The zero-order valence-electron chi connectivity index (χ0n) is 12.5. The molecule has 0 atom stereocenters. The van der Waals surface area contributed by atoms with Crippen LogP contribution >= 0.6 is 11.3 Å². The van der Waals surface area contributed by atoms with E-state index in [9.17, 15) is 8.42 Å². The summed E-state index contributed by atoms with van der Waals surface area (Å²) in [6, 6.07) is 1.99. The van der Waals surface area contributed by atoms with Gasteiger partial charge in [-0.3, -0.25) is 0 Å². The Labute approximate surface area is 126 Å². The number of nitrogens with zero attached hydrogens (tertiary/aromatic N) is 1. The van der Waals surface area contributed by atoms with E-state index in [0.29, 0.717) is 11.4 Å². The van der Waals surface area contributed by atoms with E-state index in [1.165, 1.54) is 6.42 Å². The van der Waals surface area contributed by atoms with E-state index in [1.54, 1.807) is 22.7 Å². The van der Waals surface area contributed by atoms with Crippen LogP contribution in [0.25, 0.3) is 0 Å². The molecule has 1 aliphatic carbocycles. The van der Waals surface area contributed by atoms with Crippen molar-refractivity contribution in [1.29, 1.82) is 0 Å². The molecule has 1 saturated carbocycles. The number of aryl methyl sites for hydroxylation is 1. The summed E-state index contributed by atoms with van der Waals surface area (Å²) in [7, 11) is 0.258. The van der Waals surface area contributed by atoms with E-state index in [1.807, 2.05) is 20.0 Å². The Bertz CT molecular complexity index is 546. The molecule has 1 aliphatic rings. The average molecular weight is 316 g/mol. The molecule has 4 nitrogen and oxygen atoms in total. The Morgan fingerprint density at radius 1 is 1.35 bits per heavy atom. The van der Waals surface area contributed by atoms with Gasteiger partial charge in [0, 0.05) is 29.4 Å². The number of sulfonamides is 1. The Morgan fingerprint density at radius 2 is 2.00 bits per heavy atom. The van der Waals surface area contributed by atoms with Crippen LogP contribution in [0.3, 0.4) is 0 Å². The van der Waals surface area contributed by atoms with Crippen LogP contribution in [-0.2, 0) is 16.6 Å². The molecule has 6 heteroatoms. The van der Waals surface area contributed by atoms with Crippen LogP contribution < -0.4 is 5.32 Å². The number of hydrogen-bond acceptors (Lipinski definition) is 4. The summed E-state index contributed by atoms with van der Waals surface area (Å²) >= 11 is 1.56. The lowest BCUT2D eigenvalue weighted by Gasteiger charge is -2.30.